The van der Waals surface area contributed by atoms with Gasteiger partial charge < -0.3 is 16.0 Å². The molecular formula is C15H25ClN6O4. The molecule has 1 aliphatic rings. The van der Waals surface area contributed by atoms with E-state index in [1.54, 1.807) is 4.90 Å². The monoisotopic (exact) mass is 388 g/mol. The molecule has 10 nitrogen and oxygen atoms in total. The van der Waals surface area contributed by atoms with Crippen LogP contribution < -0.4 is 11.1 Å². The number of aromatic nitrogens is 2. The Morgan fingerprint density at radius 2 is 2.15 bits per heavy atom. The van der Waals surface area contributed by atoms with Crippen molar-refractivity contribution >= 4 is 29.9 Å². The van der Waals surface area contributed by atoms with Crippen LogP contribution in [0.2, 0.25) is 0 Å². The SMILES string of the molecule is Cl.NCCC(=O)NCC1CCCCN1C(=O)CCn1cc([N+](=O)[O-])cn1. The fraction of sp³-hybridized carbons (Fsp3) is 0.667. The highest BCUT2D eigenvalue weighted by Crippen LogP contribution is 2.18. The Kier molecular flexibility index (Phi) is 9.00. The first kappa shape index (κ1) is 21.8. The summed E-state index contributed by atoms with van der Waals surface area (Å²) in [6.45, 7) is 1.68. The highest BCUT2D eigenvalue weighted by atomic mass is 35.5. The fourth-order valence-corrected chi connectivity index (χ4v) is 2.92. The summed E-state index contributed by atoms with van der Waals surface area (Å²) >= 11 is 0. The summed E-state index contributed by atoms with van der Waals surface area (Å²) in [5.41, 5.74) is 5.26. The molecule has 3 N–H and O–H groups in total. The molecule has 0 radical (unpaired) electrons. The Labute approximate surface area is 157 Å². The van der Waals surface area contributed by atoms with E-state index < -0.39 is 4.92 Å². The summed E-state index contributed by atoms with van der Waals surface area (Å²) in [7, 11) is 0. The Morgan fingerprint density at radius 3 is 2.81 bits per heavy atom. The average molecular weight is 389 g/mol. The molecule has 26 heavy (non-hydrogen) atoms. The van der Waals surface area contributed by atoms with Crippen molar-refractivity contribution < 1.29 is 14.5 Å². The minimum Gasteiger partial charge on any atom is -0.354 e. The van der Waals surface area contributed by atoms with Gasteiger partial charge in [0, 0.05) is 45.1 Å². The van der Waals surface area contributed by atoms with E-state index in [9.17, 15) is 19.7 Å². The average Bonchev–Trinajstić information content (AvgIpc) is 3.08. The van der Waals surface area contributed by atoms with Crippen LogP contribution in [-0.2, 0) is 16.1 Å². The summed E-state index contributed by atoms with van der Waals surface area (Å²) in [5.74, 6) is -0.139. The van der Waals surface area contributed by atoms with Gasteiger partial charge in [-0.15, -0.1) is 12.4 Å². The molecule has 1 aromatic heterocycles. The third-order valence-corrected chi connectivity index (χ3v) is 4.24. The number of nitrogens with zero attached hydrogens (tertiary/aromatic N) is 4. The second kappa shape index (κ2) is 10.7. The number of nitrogens with one attached hydrogen (secondary N) is 1. The van der Waals surface area contributed by atoms with Gasteiger partial charge in [-0.05, 0) is 19.3 Å². The summed E-state index contributed by atoms with van der Waals surface area (Å²) in [5, 5.41) is 17.4. The van der Waals surface area contributed by atoms with Gasteiger partial charge in [-0.2, -0.15) is 5.10 Å². The number of piperidine rings is 1. The lowest BCUT2D eigenvalue weighted by molar-refractivity contribution is -0.385. The third-order valence-electron chi connectivity index (χ3n) is 4.24. The van der Waals surface area contributed by atoms with Crippen LogP contribution in [0, 0.1) is 10.1 Å². The molecule has 2 amide bonds. The van der Waals surface area contributed by atoms with Crippen LogP contribution in [0.4, 0.5) is 5.69 Å². The van der Waals surface area contributed by atoms with Gasteiger partial charge in [-0.3, -0.25) is 24.4 Å². The van der Waals surface area contributed by atoms with Gasteiger partial charge in [0.05, 0.1) is 4.92 Å². The van der Waals surface area contributed by atoms with Crippen molar-refractivity contribution in [3.8, 4) is 0 Å². The Morgan fingerprint density at radius 1 is 1.38 bits per heavy atom. The number of nitro groups is 1. The normalized spacial score (nSPS) is 16.7. The molecule has 0 bridgehead atoms. The molecule has 0 aliphatic carbocycles. The molecule has 1 atom stereocenters. The fourth-order valence-electron chi connectivity index (χ4n) is 2.92. The van der Waals surface area contributed by atoms with Crippen LogP contribution >= 0.6 is 12.4 Å². The van der Waals surface area contributed by atoms with Crippen molar-refractivity contribution in [1.29, 1.82) is 0 Å². The number of hydrogen-bond acceptors (Lipinski definition) is 6. The molecule has 146 valence electrons. The number of carbonyl (C=O) groups excluding carboxylic acids is 2. The lowest BCUT2D eigenvalue weighted by atomic mass is 10.0. The number of amides is 2. The smallest absolute Gasteiger partial charge is 0.306 e. The number of halogens is 1. The predicted octanol–water partition coefficient (Wildman–Crippen LogP) is 0.449. The molecule has 1 unspecified atom stereocenters. The number of aryl methyl sites for hydroxylation is 1. The maximum Gasteiger partial charge on any atom is 0.306 e. The molecule has 0 aromatic carbocycles. The molecule has 0 saturated carbocycles. The van der Waals surface area contributed by atoms with E-state index in [2.05, 4.69) is 10.4 Å². The summed E-state index contributed by atoms with van der Waals surface area (Å²) < 4.78 is 1.40. The summed E-state index contributed by atoms with van der Waals surface area (Å²) in [6, 6.07) is -0.0186. The topological polar surface area (TPSA) is 136 Å². The van der Waals surface area contributed by atoms with Gasteiger partial charge in [0.1, 0.15) is 12.4 Å². The number of rotatable bonds is 8. The van der Waals surface area contributed by atoms with E-state index in [4.69, 9.17) is 5.73 Å². The molecule has 11 heteroatoms. The van der Waals surface area contributed by atoms with Gasteiger partial charge in [0.25, 0.3) is 0 Å². The Hall–Kier alpha value is -2.20. The Bertz CT molecular complexity index is 623. The van der Waals surface area contributed by atoms with Crippen LogP contribution in [0.1, 0.15) is 32.1 Å². The van der Waals surface area contributed by atoms with E-state index in [0.29, 0.717) is 19.6 Å². The second-order valence-corrected chi connectivity index (χ2v) is 6.05. The lowest BCUT2D eigenvalue weighted by Gasteiger charge is -2.36. The first-order valence-corrected chi connectivity index (χ1v) is 8.44. The molecular weight excluding hydrogens is 364 g/mol. The van der Waals surface area contributed by atoms with Crippen molar-refractivity contribution in [2.75, 3.05) is 19.6 Å². The molecule has 1 fully saturated rings. The first-order chi connectivity index (χ1) is 12.0. The molecule has 1 aliphatic heterocycles. The number of likely N-dealkylation sites (tertiary alicyclic amines) is 1. The van der Waals surface area contributed by atoms with Gasteiger partial charge in [0.2, 0.25) is 11.8 Å². The zero-order chi connectivity index (χ0) is 18.2. The van der Waals surface area contributed by atoms with Crippen molar-refractivity contribution in [2.45, 2.75) is 44.7 Å². The van der Waals surface area contributed by atoms with Crippen molar-refractivity contribution in [3.05, 3.63) is 22.5 Å². The standard InChI is InChI=1S/C15H24N6O4.ClH/c16-6-4-14(22)17-9-12-3-1-2-7-20(12)15(23)5-8-19-11-13(10-18-19)21(24)25;/h10-12H,1-9,16H2,(H,17,22);1H. The molecule has 2 rings (SSSR count). The predicted molar refractivity (Wildman–Crippen MR) is 96.8 cm³/mol. The highest BCUT2D eigenvalue weighted by Gasteiger charge is 2.26. The second-order valence-electron chi connectivity index (χ2n) is 6.05. The third kappa shape index (κ3) is 6.26. The van der Waals surface area contributed by atoms with Crippen LogP contribution in [0.3, 0.4) is 0 Å². The van der Waals surface area contributed by atoms with Crippen molar-refractivity contribution in [2.24, 2.45) is 5.73 Å². The quantitative estimate of drug-likeness (QED) is 0.490. The number of hydrogen-bond donors (Lipinski definition) is 2. The zero-order valence-electron chi connectivity index (χ0n) is 14.5. The van der Waals surface area contributed by atoms with Crippen LogP contribution in [0.15, 0.2) is 12.4 Å². The van der Waals surface area contributed by atoms with Gasteiger partial charge >= 0.3 is 5.69 Å². The summed E-state index contributed by atoms with van der Waals surface area (Å²) in [4.78, 5) is 36.0. The van der Waals surface area contributed by atoms with Crippen molar-refractivity contribution in [1.82, 2.24) is 20.0 Å². The minimum absolute atomic E-state index is 0. The highest BCUT2D eigenvalue weighted by molar-refractivity contribution is 5.85. The van der Waals surface area contributed by atoms with Gasteiger partial charge in [-0.25, -0.2) is 0 Å². The minimum atomic E-state index is -0.518. The molecule has 2 heterocycles. The van der Waals surface area contributed by atoms with Crippen molar-refractivity contribution in [3.63, 3.8) is 0 Å². The first-order valence-electron chi connectivity index (χ1n) is 8.44. The van der Waals surface area contributed by atoms with E-state index in [-0.39, 0.29) is 55.3 Å². The molecule has 1 aromatic rings. The maximum atomic E-state index is 12.5. The molecule has 1 saturated heterocycles. The maximum absolute atomic E-state index is 12.5. The van der Waals surface area contributed by atoms with E-state index in [0.717, 1.165) is 19.3 Å². The largest absolute Gasteiger partial charge is 0.354 e. The summed E-state index contributed by atoms with van der Waals surface area (Å²) in [6.07, 6.45) is 5.78. The van der Waals surface area contributed by atoms with Crippen LogP contribution in [0.5, 0.6) is 0 Å². The van der Waals surface area contributed by atoms with E-state index in [1.165, 1.54) is 17.1 Å². The number of nitrogens with two attached hydrogens (primary N) is 1. The van der Waals surface area contributed by atoms with E-state index >= 15 is 0 Å². The van der Waals surface area contributed by atoms with Crippen LogP contribution in [-0.4, -0.2) is 57.1 Å². The Balaban J connectivity index is 0.00000338. The number of carbonyl (C=O) groups is 2. The molecule has 0 spiro atoms. The van der Waals surface area contributed by atoms with Crippen LogP contribution in [0.25, 0.3) is 0 Å². The van der Waals surface area contributed by atoms with Gasteiger partial charge in [-0.1, -0.05) is 0 Å². The zero-order valence-corrected chi connectivity index (χ0v) is 15.3. The van der Waals surface area contributed by atoms with Gasteiger partial charge in [0.15, 0.2) is 0 Å². The lowest BCUT2D eigenvalue weighted by Crippen LogP contribution is -2.49. The van der Waals surface area contributed by atoms with E-state index in [1.807, 2.05) is 0 Å².